The quantitative estimate of drug-likeness (QED) is 0.711. The van der Waals surface area contributed by atoms with Crippen molar-refractivity contribution in [1.29, 1.82) is 0 Å². The Morgan fingerprint density at radius 1 is 1.20 bits per heavy atom. The molecule has 0 unspecified atom stereocenters. The molecule has 9 heteroatoms. The lowest BCUT2D eigenvalue weighted by molar-refractivity contribution is -0.148. The van der Waals surface area contributed by atoms with E-state index in [1.807, 2.05) is 0 Å². The Bertz CT molecular complexity index is 761. The van der Waals surface area contributed by atoms with Gasteiger partial charge in [0.15, 0.2) is 6.61 Å². The lowest BCUT2D eigenvalue weighted by Gasteiger charge is -2.05. The molecule has 1 heterocycles. The number of nitrogens with one attached hydrogen (secondary N) is 2. The average Bonchev–Trinajstić information content (AvgIpc) is 3.06. The molecule has 25 heavy (non-hydrogen) atoms. The fourth-order valence-electron chi connectivity index (χ4n) is 1.78. The summed E-state index contributed by atoms with van der Waals surface area (Å²) in [5.74, 6) is -1.86. The molecule has 0 aliphatic heterocycles. The molecule has 0 saturated heterocycles. The normalized spacial score (nSPS) is 10.2. The van der Waals surface area contributed by atoms with Crippen molar-refractivity contribution in [3.8, 4) is 10.6 Å². The van der Waals surface area contributed by atoms with Crippen LogP contribution in [0.2, 0.25) is 0 Å². The molecule has 0 radical (unpaired) electrons. The van der Waals surface area contributed by atoms with Gasteiger partial charge in [-0.05, 0) is 24.3 Å². The number of halogens is 1. The summed E-state index contributed by atoms with van der Waals surface area (Å²) in [7, 11) is 1.45. The first-order chi connectivity index (χ1) is 12.0. The summed E-state index contributed by atoms with van der Waals surface area (Å²) in [4.78, 5) is 38.4. The molecule has 0 spiro atoms. The van der Waals surface area contributed by atoms with Crippen LogP contribution in [0.1, 0.15) is 5.69 Å². The monoisotopic (exact) mass is 365 g/mol. The van der Waals surface area contributed by atoms with Gasteiger partial charge in [-0.1, -0.05) is 0 Å². The van der Waals surface area contributed by atoms with Gasteiger partial charge in [0.2, 0.25) is 5.91 Å². The molecule has 0 aliphatic carbocycles. The van der Waals surface area contributed by atoms with E-state index in [4.69, 9.17) is 4.74 Å². The van der Waals surface area contributed by atoms with Crippen molar-refractivity contribution in [2.45, 2.75) is 6.42 Å². The van der Waals surface area contributed by atoms with Gasteiger partial charge in [-0.3, -0.25) is 14.4 Å². The predicted molar refractivity (Wildman–Crippen MR) is 89.2 cm³/mol. The molecular weight excluding hydrogens is 349 g/mol. The van der Waals surface area contributed by atoms with Gasteiger partial charge in [-0.15, -0.1) is 11.3 Å². The number of hydrogen-bond donors (Lipinski definition) is 2. The van der Waals surface area contributed by atoms with E-state index in [2.05, 4.69) is 15.6 Å². The summed E-state index contributed by atoms with van der Waals surface area (Å²) in [5, 5.41) is 7.02. The molecule has 2 amide bonds. The molecule has 2 N–H and O–H groups in total. The highest BCUT2D eigenvalue weighted by Crippen LogP contribution is 2.24. The maximum Gasteiger partial charge on any atom is 0.312 e. The Labute approximate surface area is 147 Å². The summed E-state index contributed by atoms with van der Waals surface area (Å²) in [5.41, 5.74) is 1.25. The second-order valence-corrected chi connectivity index (χ2v) is 5.80. The summed E-state index contributed by atoms with van der Waals surface area (Å²) >= 11 is 1.32. The zero-order valence-electron chi connectivity index (χ0n) is 13.4. The average molecular weight is 365 g/mol. The second kappa shape index (κ2) is 8.88. The molecule has 132 valence electrons. The minimum atomic E-state index is -0.606. The summed E-state index contributed by atoms with van der Waals surface area (Å²) < 4.78 is 17.8. The number of hydrogen-bond acceptors (Lipinski definition) is 6. The highest BCUT2D eigenvalue weighted by atomic mass is 32.1. The molecule has 0 fully saturated rings. The number of amides is 2. The van der Waals surface area contributed by atoms with Gasteiger partial charge in [0.1, 0.15) is 10.8 Å². The van der Waals surface area contributed by atoms with Crippen LogP contribution in [-0.2, 0) is 25.5 Å². The maximum atomic E-state index is 12.9. The Kier molecular flexibility index (Phi) is 6.58. The largest absolute Gasteiger partial charge is 0.455 e. The van der Waals surface area contributed by atoms with Crippen LogP contribution in [0, 0.1) is 5.82 Å². The number of likely N-dealkylation sites (N-methyl/N-ethyl adjacent to an activating group) is 1. The first-order valence-corrected chi connectivity index (χ1v) is 8.19. The van der Waals surface area contributed by atoms with Gasteiger partial charge >= 0.3 is 5.97 Å². The number of carbonyl (C=O) groups is 3. The number of thiazole rings is 1. The van der Waals surface area contributed by atoms with E-state index in [9.17, 15) is 18.8 Å². The minimum absolute atomic E-state index is 0.0829. The van der Waals surface area contributed by atoms with Crippen molar-refractivity contribution in [3.63, 3.8) is 0 Å². The number of nitrogens with zero attached hydrogens (tertiary/aromatic N) is 1. The molecule has 0 aliphatic rings. The fourth-order valence-corrected chi connectivity index (χ4v) is 2.60. The van der Waals surface area contributed by atoms with Crippen molar-refractivity contribution in [3.05, 3.63) is 41.2 Å². The van der Waals surface area contributed by atoms with Crippen molar-refractivity contribution in [2.24, 2.45) is 0 Å². The Morgan fingerprint density at radius 3 is 2.60 bits per heavy atom. The molecule has 2 aromatic rings. The number of benzene rings is 1. The number of rotatable bonds is 7. The number of ether oxygens (including phenoxy) is 1. The first kappa shape index (κ1) is 18.5. The molecular formula is C16H16FN3O4S. The van der Waals surface area contributed by atoms with Crippen molar-refractivity contribution < 1.29 is 23.5 Å². The van der Waals surface area contributed by atoms with E-state index in [-0.39, 0.29) is 24.7 Å². The van der Waals surface area contributed by atoms with E-state index >= 15 is 0 Å². The third-order valence-corrected chi connectivity index (χ3v) is 4.00. The lowest BCUT2D eigenvalue weighted by Crippen LogP contribution is -2.37. The third-order valence-electron chi connectivity index (χ3n) is 3.06. The van der Waals surface area contributed by atoms with Crippen LogP contribution in [0.4, 0.5) is 4.39 Å². The van der Waals surface area contributed by atoms with E-state index in [0.717, 1.165) is 5.56 Å². The number of esters is 1. The van der Waals surface area contributed by atoms with E-state index in [1.54, 1.807) is 17.5 Å². The second-order valence-electron chi connectivity index (χ2n) is 4.94. The van der Waals surface area contributed by atoms with Gasteiger partial charge in [0.25, 0.3) is 5.91 Å². The van der Waals surface area contributed by atoms with Crippen LogP contribution < -0.4 is 10.6 Å². The van der Waals surface area contributed by atoms with Crippen LogP contribution in [0.15, 0.2) is 29.6 Å². The predicted octanol–water partition coefficient (Wildman–Crippen LogP) is 0.897. The van der Waals surface area contributed by atoms with E-state index in [1.165, 1.54) is 30.5 Å². The number of carbonyl (C=O) groups excluding carboxylic acids is 3. The summed E-state index contributed by atoms with van der Waals surface area (Å²) in [6.07, 6.45) is -0.0829. The summed E-state index contributed by atoms with van der Waals surface area (Å²) in [6, 6.07) is 5.88. The van der Waals surface area contributed by atoms with Gasteiger partial charge < -0.3 is 15.4 Å². The van der Waals surface area contributed by atoms with Gasteiger partial charge in [-0.25, -0.2) is 9.37 Å². The van der Waals surface area contributed by atoms with Crippen molar-refractivity contribution in [1.82, 2.24) is 15.6 Å². The van der Waals surface area contributed by atoms with Crippen LogP contribution >= 0.6 is 11.3 Å². The first-order valence-electron chi connectivity index (χ1n) is 7.31. The lowest BCUT2D eigenvalue weighted by atomic mass is 10.2. The molecule has 1 aromatic heterocycles. The van der Waals surface area contributed by atoms with E-state index in [0.29, 0.717) is 10.7 Å². The number of aromatic nitrogens is 1. The SMILES string of the molecule is CNC(=O)CNC(=O)COC(=O)Cc1csc(-c2ccc(F)cc2)n1. The molecule has 0 saturated carbocycles. The molecule has 7 nitrogen and oxygen atoms in total. The van der Waals surface area contributed by atoms with Gasteiger partial charge in [-0.2, -0.15) is 0 Å². The smallest absolute Gasteiger partial charge is 0.312 e. The zero-order chi connectivity index (χ0) is 18.2. The van der Waals surface area contributed by atoms with Crippen molar-refractivity contribution in [2.75, 3.05) is 20.2 Å². The Balaban J connectivity index is 1.80. The Morgan fingerprint density at radius 2 is 1.92 bits per heavy atom. The van der Waals surface area contributed by atoms with Crippen LogP contribution in [0.5, 0.6) is 0 Å². The molecule has 0 bridgehead atoms. The topological polar surface area (TPSA) is 97.4 Å². The Hall–Kier alpha value is -2.81. The maximum absolute atomic E-state index is 12.9. The van der Waals surface area contributed by atoms with Gasteiger partial charge in [0.05, 0.1) is 18.7 Å². The van der Waals surface area contributed by atoms with Crippen LogP contribution in [-0.4, -0.2) is 43.0 Å². The molecule has 1 aromatic carbocycles. The fraction of sp³-hybridized carbons (Fsp3) is 0.250. The van der Waals surface area contributed by atoms with Gasteiger partial charge in [0, 0.05) is 18.0 Å². The molecule has 0 atom stereocenters. The van der Waals surface area contributed by atoms with Crippen LogP contribution in [0.3, 0.4) is 0 Å². The van der Waals surface area contributed by atoms with Crippen molar-refractivity contribution >= 4 is 29.1 Å². The molecule has 2 rings (SSSR count). The third kappa shape index (κ3) is 5.96. The standard InChI is InChI=1S/C16H16FN3O4S/c1-18-13(21)7-19-14(22)8-24-15(23)6-12-9-25-16(20-12)10-2-4-11(17)5-3-10/h2-5,9H,6-8H2,1H3,(H,18,21)(H,19,22). The zero-order valence-corrected chi connectivity index (χ0v) is 14.2. The highest BCUT2D eigenvalue weighted by Gasteiger charge is 2.12. The summed E-state index contributed by atoms with van der Waals surface area (Å²) in [6.45, 7) is -0.648. The highest BCUT2D eigenvalue weighted by molar-refractivity contribution is 7.13. The van der Waals surface area contributed by atoms with Crippen LogP contribution in [0.25, 0.3) is 10.6 Å². The van der Waals surface area contributed by atoms with E-state index < -0.39 is 18.5 Å². The minimum Gasteiger partial charge on any atom is -0.455 e.